The van der Waals surface area contributed by atoms with E-state index in [2.05, 4.69) is 6.92 Å². The molecule has 0 amide bonds. The fourth-order valence-corrected chi connectivity index (χ4v) is 0.928. The van der Waals surface area contributed by atoms with E-state index in [1.807, 2.05) is 13.8 Å². The van der Waals surface area contributed by atoms with Crippen LogP contribution in [0.2, 0.25) is 0 Å². The van der Waals surface area contributed by atoms with Crippen molar-refractivity contribution in [2.24, 2.45) is 11.1 Å². The first-order chi connectivity index (χ1) is 7.00. The lowest BCUT2D eigenvalue weighted by Gasteiger charge is -2.22. The second-order valence-corrected chi connectivity index (χ2v) is 4.27. The van der Waals surface area contributed by atoms with Crippen LogP contribution in [0, 0.1) is 10.8 Å². The number of nitrogens with two attached hydrogens (primary N) is 1. The van der Waals surface area contributed by atoms with Crippen LogP contribution in [0.4, 0.5) is 0 Å². The Balaban J connectivity index is 3.35. The minimum Gasteiger partial charge on any atom is -0.387 e. The molecule has 0 unspecified atom stereocenters. The molecule has 0 atom stereocenters. The van der Waals surface area contributed by atoms with Crippen molar-refractivity contribution < 1.29 is 9.47 Å². The van der Waals surface area contributed by atoms with Gasteiger partial charge >= 0.3 is 0 Å². The van der Waals surface area contributed by atoms with Crippen molar-refractivity contribution in [2.45, 2.75) is 33.6 Å². The Morgan fingerprint density at radius 2 is 1.67 bits per heavy atom. The topological polar surface area (TPSA) is 68.3 Å². The highest BCUT2D eigenvalue weighted by Gasteiger charge is 2.20. The molecule has 0 fully saturated rings. The molecular formula is C11H24N2O2. The molecule has 0 aliphatic rings. The van der Waals surface area contributed by atoms with Gasteiger partial charge in [0.1, 0.15) is 0 Å². The zero-order valence-electron chi connectivity index (χ0n) is 10.1. The van der Waals surface area contributed by atoms with Crippen molar-refractivity contribution in [3.05, 3.63) is 0 Å². The van der Waals surface area contributed by atoms with E-state index in [1.54, 1.807) is 0 Å². The lowest BCUT2D eigenvalue weighted by atomic mass is 9.89. The summed E-state index contributed by atoms with van der Waals surface area (Å²) in [6.07, 6.45) is 1.81. The molecule has 4 nitrogen and oxygen atoms in total. The summed E-state index contributed by atoms with van der Waals surface area (Å²) in [5.41, 5.74) is 5.19. The molecule has 0 radical (unpaired) electrons. The van der Waals surface area contributed by atoms with Gasteiger partial charge in [-0.25, -0.2) is 0 Å². The SMILES string of the molecule is CCCOCCOCCC(C)(C)C(=N)N. The molecule has 0 saturated carbocycles. The highest BCUT2D eigenvalue weighted by atomic mass is 16.5. The molecule has 0 saturated heterocycles. The van der Waals surface area contributed by atoms with E-state index in [-0.39, 0.29) is 11.3 Å². The van der Waals surface area contributed by atoms with Crippen LogP contribution >= 0.6 is 0 Å². The maximum Gasteiger partial charge on any atom is 0.0963 e. The van der Waals surface area contributed by atoms with Crippen LogP contribution in [-0.2, 0) is 9.47 Å². The third-order valence-corrected chi connectivity index (χ3v) is 2.32. The van der Waals surface area contributed by atoms with Gasteiger partial charge in [0.2, 0.25) is 0 Å². The van der Waals surface area contributed by atoms with E-state index in [4.69, 9.17) is 20.6 Å². The van der Waals surface area contributed by atoms with E-state index in [1.165, 1.54) is 0 Å². The van der Waals surface area contributed by atoms with Crippen molar-refractivity contribution in [2.75, 3.05) is 26.4 Å². The summed E-state index contributed by atoms with van der Waals surface area (Å²) in [5.74, 6) is 0.216. The monoisotopic (exact) mass is 216 g/mol. The van der Waals surface area contributed by atoms with Crippen LogP contribution in [0.15, 0.2) is 0 Å². The van der Waals surface area contributed by atoms with Crippen molar-refractivity contribution >= 4 is 5.84 Å². The van der Waals surface area contributed by atoms with Gasteiger partial charge in [0, 0.05) is 18.6 Å². The minimum atomic E-state index is -0.260. The van der Waals surface area contributed by atoms with Crippen LogP contribution in [0.25, 0.3) is 0 Å². The Kier molecular flexibility index (Phi) is 7.34. The van der Waals surface area contributed by atoms with Gasteiger partial charge in [-0.15, -0.1) is 0 Å². The van der Waals surface area contributed by atoms with Gasteiger partial charge in [-0.3, -0.25) is 5.41 Å². The number of ether oxygens (including phenoxy) is 2. The Morgan fingerprint density at radius 3 is 2.13 bits per heavy atom. The molecule has 0 rings (SSSR count). The Labute approximate surface area is 92.6 Å². The Morgan fingerprint density at radius 1 is 1.13 bits per heavy atom. The quantitative estimate of drug-likeness (QED) is 0.351. The maximum absolute atomic E-state index is 7.37. The summed E-state index contributed by atoms with van der Waals surface area (Å²) >= 11 is 0. The molecule has 4 heteroatoms. The Hall–Kier alpha value is -0.610. The van der Waals surface area contributed by atoms with Gasteiger partial charge < -0.3 is 15.2 Å². The minimum absolute atomic E-state index is 0.216. The average molecular weight is 216 g/mol. The first-order valence-electron chi connectivity index (χ1n) is 5.50. The van der Waals surface area contributed by atoms with Crippen molar-refractivity contribution in [1.82, 2.24) is 0 Å². The van der Waals surface area contributed by atoms with E-state index >= 15 is 0 Å². The smallest absolute Gasteiger partial charge is 0.0963 e. The van der Waals surface area contributed by atoms with Crippen molar-refractivity contribution in [1.29, 1.82) is 5.41 Å². The number of hydrogen-bond donors (Lipinski definition) is 2. The zero-order valence-corrected chi connectivity index (χ0v) is 10.1. The highest BCUT2D eigenvalue weighted by molar-refractivity contribution is 5.82. The van der Waals surface area contributed by atoms with E-state index in [0.717, 1.165) is 19.4 Å². The van der Waals surface area contributed by atoms with Crippen molar-refractivity contribution in [3.8, 4) is 0 Å². The summed E-state index contributed by atoms with van der Waals surface area (Å²) in [7, 11) is 0. The van der Waals surface area contributed by atoms with Gasteiger partial charge in [-0.2, -0.15) is 0 Å². The first kappa shape index (κ1) is 14.4. The maximum atomic E-state index is 7.37. The van der Waals surface area contributed by atoms with Gasteiger partial charge in [0.05, 0.1) is 19.0 Å². The van der Waals surface area contributed by atoms with Crippen LogP contribution < -0.4 is 5.73 Å². The van der Waals surface area contributed by atoms with E-state index in [0.29, 0.717) is 19.8 Å². The summed E-state index contributed by atoms with van der Waals surface area (Å²) < 4.78 is 10.7. The second-order valence-electron chi connectivity index (χ2n) is 4.27. The first-order valence-corrected chi connectivity index (χ1v) is 5.50. The summed E-state index contributed by atoms with van der Waals surface area (Å²) in [6.45, 7) is 8.67. The molecule has 90 valence electrons. The summed E-state index contributed by atoms with van der Waals surface area (Å²) in [4.78, 5) is 0. The predicted octanol–water partition coefficient (Wildman–Crippen LogP) is 1.78. The van der Waals surface area contributed by atoms with Gasteiger partial charge in [-0.1, -0.05) is 20.8 Å². The molecule has 0 spiro atoms. The second kappa shape index (κ2) is 7.65. The zero-order chi connectivity index (χ0) is 11.7. The molecule has 3 N–H and O–H groups in total. The van der Waals surface area contributed by atoms with Crippen LogP contribution in [0.3, 0.4) is 0 Å². The standard InChI is InChI=1S/C11H24N2O2/c1-4-6-14-8-9-15-7-5-11(2,3)10(12)13/h4-9H2,1-3H3,(H3,12,13). The van der Waals surface area contributed by atoms with Crippen molar-refractivity contribution in [3.63, 3.8) is 0 Å². The number of amidine groups is 1. The highest BCUT2D eigenvalue weighted by Crippen LogP contribution is 2.19. The average Bonchev–Trinajstić information content (AvgIpc) is 2.16. The summed E-state index contributed by atoms with van der Waals surface area (Å²) in [6, 6.07) is 0. The fourth-order valence-electron chi connectivity index (χ4n) is 0.928. The van der Waals surface area contributed by atoms with E-state index < -0.39 is 0 Å². The number of rotatable bonds is 9. The summed E-state index contributed by atoms with van der Waals surface area (Å²) in [5, 5.41) is 7.37. The molecule has 0 aliphatic carbocycles. The number of nitrogens with one attached hydrogen (secondary N) is 1. The van der Waals surface area contributed by atoms with Crippen LogP contribution in [0.5, 0.6) is 0 Å². The van der Waals surface area contributed by atoms with Gasteiger partial charge in [-0.05, 0) is 12.8 Å². The number of hydrogen-bond acceptors (Lipinski definition) is 3. The molecular weight excluding hydrogens is 192 g/mol. The van der Waals surface area contributed by atoms with Gasteiger partial charge in [0.25, 0.3) is 0 Å². The van der Waals surface area contributed by atoms with Crippen LogP contribution in [0.1, 0.15) is 33.6 Å². The molecule has 0 aromatic heterocycles. The molecule has 0 bridgehead atoms. The fraction of sp³-hybridized carbons (Fsp3) is 0.909. The Bertz CT molecular complexity index is 181. The molecule has 0 aromatic carbocycles. The largest absolute Gasteiger partial charge is 0.387 e. The van der Waals surface area contributed by atoms with Crippen LogP contribution in [-0.4, -0.2) is 32.3 Å². The third-order valence-electron chi connectivity index (χ3n) is 2.32. The molecule has 0 heterocycles. The lowest BCUT2D eigenvalue weighted by molar-refractivity contribution is 0.0418. The predicted molar refractivity (Wildman–Crippen MR) is 62.2 cm³/mol. The molecule has 0 aliphatic heterocycles. The third kappa shape index (κ3) is 7.33. The van der Waals surface area contributed by atoms with Gasteiger partial charge in [0.15, 0.2) is 0 Å². The molecule has 0 aromatic rings. The van der Waals surface area contributed by atoms with E-state index in [9.17, 15) is 0 Å². The normalized spacial score (nSPS) is 11.7. The lowest BCUT2D eigenvalue weighted by Crippen LogP contribution is -2.32. The molecule has 15 heavy (non-hydrogen) atoms.